The Morgan fingerprint density at radius 3 is 2.54 bits per heavy atom. The van der Waals surface area contributed by atoms with Gasteiger partial charge in [-0.1, -0.05) is 42.5 Å². The molecule has 0 radical (unpaired) electrons. The van der Waals surface area contributed by atoms with Crippen LogP contribution < -0.4 is 20.0 Å². The van der Waals surface area contributed by atoms with E-state index >= 15 is 0 Å². The van der Waals surface area contributed by atoms with Gasteiger partial charge in [0.05, 0.1) is 25.4 Å². The third kappa shape index (κ3) is 5.53. The first kappa shape index (κ1) is 26.9. The predicted octanol–water partition coefficient (Wildman–Crippen LogP) is 5.81. The molecule has 4 aromatic rings. The van der Waals surface area contributed by atoms with Gasteiger partial charge in [0.1, 0.15) is 17.9 Å². The number of benzene rings is 3. The van der Waals surface area contributed by atoms with Gasteiger partial charge < -0.3 is 19.9 Å². The third-order valence-electron chi connectivity index (χ3n) is 7.63. The molecule has 1 aromatic heterocycles. The van der Waals surface area contributed by atoms with Crippen LogP contribution in [0.4, 0.5) is 31.8 Å². The van der Waals surface area contributed by atoms with E-state index in [0.717, 1.165) is 54.7 Å². The number of nitrogens with one attached hydrogen (secondary N) is 1. The van der Waals surface area contributed by atoms with Gasteiger partial charge in [-0.15, -0.1) is 0 Å². The Balaban J connectivity index is 1.33. The quantitative estimate of drug-likeness (QED) is 0.305. The summed E-state index contributed by atoms with van der Waals surface area (Å²) in [7, 11) is 3.79. The van der Waals surface area contributed by atoms with Crippen LogP contribution in [0.5, 0.6) is 5.75 Å². The molecule has 2 aliphatic heterocycles. The van der Waals surface area contributed by atoms with Crippen molar-refractivity contribution in [2.24, 2.45) is 0 Å². The Labute approximate surface area is 238 Å². The average molecular weight is 559 g/mol. The largest absolute Gasteiger partial charge is 0.494 e. The van der Waals surface area contributed by atoms with Gasteiger partial charge in [0.2, 0.25) is 0 Å². The van der Waals surface area contributed by atoms with Crippen LogP contribution in [0.1, 0.15) is 18.0 Å². The zero-order chi connectivity index (χ0) is 28.3. The molecule has 0 amide bonds. The van der Waals surface area contributed by atoms with Crippen LogP contribution in [0, 0.1) is 11.6 Å². The summed E-state index contributed by atoms with van der Waals surface area (Å²) in [4.78, 5) is 19.3. The Morgan fingerprint density at radius 2 is 1.76 bits per heavy atom. The zero-order valence-electron chi connectivity index (χ0n) is 23.1. The van der Waals surface area contributed by atoms with Gasteiger partial charge in [-0.05, 0) is 24.7 Å². The number of hydrogen-bond donors (Lipinski definition) is 1. The van der Waals surface area contributed by atoms with Crippen molar-refractivity contribution in [3.8, 4) is 16.9 Å². The summed E-state index contributed by atoms with van der Waals surface area (Å²) in [5.41, 5.74) is 4.26. The van der Waals surface area contributed by atoms with Crippen molar-refractivity contribution in [1.82, 2.24) is 14.9 Å². The molecule has 8 nitrogen and oxygen atoms in total. The lowest BCUT2D eigenvalue weighted by atomic mass is 10.0. The fourth-order valence-electron chi connectivity index (χ4n) is 5.42. The monoisotopic (exact) mass is 558 g/mol. The standard InChI is InChI=1S/C31H32F2N6O2/c1-37-12-14-38(15-13-37)27-18-28(40-2)25(17-23(27)21-7-4-3-5-8-21)36-29-19-30(35-20-34-29)39-26(11-16-41-39)22-9-6-10-24(32)31(22)33/h3-10,17-20,26H,11-16H2,1-2H3,(H,34,35,36)/t26-/m1/s1. The van der Waals surface area contributed by atoms with Crippen molar-refractivity contribution in [2.45, 2.75) is 12.5 Å². The average Bonchev–Trinajstić information content (AvgIpc) is 3.49. The SMILES string of the molecule is COc1cc(N2CCN(C)CC2)c(-c2ccccc2)cc1Nc1cc(N2OCC[C@@H]2c2cccc(F)c2F)ncn1. The molecular formula is C31H32F2N6O2. The Kier molecular flexibility index (Phi) is 7.67. The van der Waals surface area contributed by atoms with Crippen LogP contribution in [0.15, 0.2) is 73.1 Å². The summed E-state index contributed by atoms with van der Waals surface area (Å²) in [6, 6.07) is 19.8. The molecular weight excluding hydrogens is 526 g/mol. The van der Waals surface area contributed by atoms with Gasteiger partial charge in [0, 0.05) is 61.5 Å². The molecule has 2 aliphatic rings. The predicted molar refractivity (Wildman–Crippen MR) is 156 cm³/mol. The molecule has 3 heterocycles. The first-order valence-electron chi connectivity index (χ1n) is 13.7. The lowest BCUT2D eigenvalue weighted by Crippen LogP contribution is -2.44. The number of likely N-dealkylation sites (N-methyl/N-ethyl adjacent to an activating group) is 1. The van der Waals surface area contributed by atoms with Crippen LogP contribution in [0.3, 0.4) is 0 Å². The van der Waals surface area contributed by atoms with Crippen LogP contribution in [-0.4, -0.2) is 61.8 Å². The molecule has 2 saturated heterocycles. The maximum Gasteiger partial charge on any atom is 0.164 e. The fourth-order valence-corrected chi connectivity index (χ4v) is 5.42. The summed E-state index contributed by atoms with van der Waals surface area (Å²) >= 11 is 0. The second-order valence-electron chi connectivity index (χ2n) is 10.2. The van der Waals surface area contributed by atoms with E-state index in [1.165, 1.54) is 17.5 Å². The number of hydroxylamine groups is 1. The fraction of sp³-hybridized carbons (Fsp3) is 0.290. The van der Waals surface area contributed by atoms with Gasteiger partial charge in [0.25, 0.3) is 0 Å². The molecule has 0 aliphatic carbocycles. The van der Waals surface area contributed by atoms with Crippen molar-refractivity contribution < 1.29 is 18.4 Å². The highest BCUT2D eigenvalue weighted by Gasteiger charge is 2.32. The summed E-state index contributed by atoms with van der Waals surface area (Å²) in [6.45, 7) is 4.17. The molecule has 2 fully saturated rings. The number of hydrogen-bond acceptors (Lipinski definition) is 8. The molecule has 3 aromatic carbocycles. The van der Waals surface area contributed by atoms with E-state index in [9.17, 15) is 8.78 Å². The highest BCUT2D eigenvalue weighted by Crippen LogP contribution is 2.41. The smallest absolute Gasteiger partial charge is 0.164 e. The Hall–Kier alpha value is -4.28. The maximum atomic E-state index is 14.6. The minimum Gasteiger partial charge on any atom is -0.494 e. The van der Waals surface area contributed by atoms with Crippen molar-refractivity contribution in [2.75, 3.05) is 62.2 Å². The van der Waals surface area contributed by atoms with Crippen molar-refractivity contribution >= 4 is 23.0 Å². The van der Waals surface area contributed by atoms with Crippen molar-refractivity contribution in [3.63, 3.8) is 0 Å². The van der Waals surface area contributed by atoms with Gasteiger partial charge in [-0.3, -0.25) is 4.84 Å². The molecule has 41 heavy (non-hydrogen) atoms. The van der Waals surface area contributed by atoms with Gasteiger partial charge in [-0.2, -0.15) is 0 Å². The number of piperazine rings is 1. The minimum absolute atomic E-state index is 0.226. The van der Waals surface area contributed by atoms with Crippen molar-refractivity contribution in [1.29, 1.82) is 0 Å². The van der Waals surface area contributed by atoms with E-state index in [1.54, 1.807) is 19.2 Å². The highest BCUT2D eigenvalue weighted by atomic mass is 19.2. The molecule has 0 unspecified atom stereocenters. The number of aromatic nitrogens is 2. The third-order valence-corrected chi connectivity index (χ3v) is 7.63. The molecule has 1 N–H and O–H groups in total. The second kappa shape index (κ2) is 11.7. The number of nitrogens with zero attached hydrogens (tertiary/aromatic N) is 5. The van der Waals surface area contributed by atoms with E-state index in [0.29, 0.717) is 30.4 Å². The lowest BCUT2D eigenvalue weighted by Gasteiger charge is -2.35. The first-order valence-corrected chi connectivity index (χ1v) is 13.7. The van der Waals surface area contributed by atoms with E-state index in [2.05, 4.69) is 56.4 Å². The number of anilines is 4. The molecule has 212 valence electrons. The Bertz CT molecular complexity index is 1510. The molecule has 0 bridgehead atoms. The molecule has 0 saturated carbocycles. The topological polar surface area (TPSA) is 66.0 Å². The number of halogens is 2. The lowest BCUT2D eigenvalue weighted by molar-refractivity contribution is 0.156. The normalized spacial score (nSPS) is 17.6. The molecule has 0 spiro atoms. The van der Waals surface area contributed by atoms with E-state index in [1.807, 2.05) is 18.2 Å². The second-order valence-corrected chi connectivity index (χ2v) is 10.2. The summed E-state index contributed by atoms with van der Waals surface area (Å²) in [5.74, 6) is -0.144. The summed E-state index contributed by atoms with van der Waals surface area (Å²) < 4.78 is 34.4. The number of ether oxygens (including phenoxy) is 1. The summed E-state index contributed by atoms with van der Waals surface area (Å²) in [5, 5.41) is 4.91. The Morgan fingerprint density at radius 1 is 0.951 bits per heavy atom. The van der Waals surface area contributed by atoms with E-state index in [-0.39, 0.29) is 5.56 Å². The zero-order valence-corrected chi connectivity index (χ0v) is 23.1. The van der Waals surface area contributed by atoms with Gasteiger partial charge in [-0.25, -0.2) is 23.8 Å². The van der Waals surface area contributed by atoms with Crippen LogP contribution in [0.2, 0.25) is 0 Å². The first-order chi connectivity index (χ1) is 20.0. The summed E-state index contributed by atoms with van der Waals surface area (Å²) in [6.07, 6.45) is 1.91. The van der Waals surface area contributed by atoms with Crippen molar-refractivity contribution in [3.05, 3.63) is 90.3 Å². The van der Waals surface area contributed by atoms with Crippen LogP contribution in [0.25, 0.3) is 11.1 Å². The number of rotatable bonds is 7. The molecule has 1 atom stereocenters. The minimum atomic E-state index is -0.888. The molecule has 10 heteroatoms. The number of methoxy groups -OCH3 is 1. The van der Waals surface area contributed by atoms with Crippen LogP contribution >= 0.6 is 0 Å². The van der Waals surface area contributed by atoms with E-state index < -0.39 is 17.7 Å². The van der Waals surface area contributed by atoms with Crippen LogP contribution in [-0.2, 0) is 4.84 Å². The molecule has 6 rings (SSSR count). The van der Waals surface area contributed by atoms with E-state index in [4.69, 9.17) is 9.57 Å². The van der Waals surface area contributed by atoms with Gasteiger partial charge >= 0.3 is 0 Å². The maximum absolute atomic E-state index is 14.6. The highest BCUT2D eigenvalue weighted by molar-refractivity contribution is 5.86. The van der Waals surface area contributed by atoms with Gasteiger partial charge in [0.15, 0.2) is 17.5 Å².